The number of piperazine rings is 1. The molecule has 0 bridgehead atoms. The number of carbonyl (C=O) groups is 1. The molecule has 30 heavy (non-hydrogen) atoms. The first-order chi connectivity index (χ1) is 14.6. The molecule has 5 rings (SSSR count). The van der Waals surface area contributed by atoms with Crippen molar-refractivity contribution >= 4 is 39.5 Å². The smallest absolute Gasteiger partial charge is 0.317 e. The van der Waals surface area contributed by atoms with E-state index in [2.05, 4.69) is 38.2 Å². The number of nitrogens with one attached hydrogen (secondary N) is 1. The lowest BCUT2D eigenvalue weighted by atomic mass is 10.1. The number of nitrogen functional groups attached to an aromatic ring is 1. The summed E-state index contributed by atoms with van der Waals surface area (Å²) in [6.45, 7) is 5.18. The van der Waals surface area contributed by atoms with Crippen molar-refractivity contribution < 1.29 is 9.53 Å². The topological polar surface area (TPSA) is 110 Å². The van der Waals surface area contributed by atoms with E-state index in [4.69, 9.17) is 10.5 Å². The van der Waals surface area contributed by atoms with Crippen molar-refractivity contribution in [2.75, 3.05) is 36.9 Å². The summed E-state index contributed by atoms with van der Waals surface area (Å²) in [7, 11) is 0. The molecule has 3 N–H and O–H groups in total. The summed E-state index contributed by atoms with van der Waals surface area (Å²) in [4.78, 5) is 30.6. The van der Waals surface area contributed by atoms with E-state index < -0.39 is 0 Å². The third kappa shape index (κ3) is 3.47. The minimum atomic E-state index is -0.0562. The summed E-state index contributed by atoms with van der Waals surface area (Å²) in [6, 6.07) is 6.13. The maximum Gasteiger partial charge on any atom is 0.317 e. The predicted molar refractivity (Wildman–Crippen MR) is 116 cm³/mol. The second-order valence-electron chi connectivity index (χ2n) is 7.60. The molecule has 1 aromatic carbocycles. The lowest BCUT2D eigenvalue weighted by Crippen LogP contribution is -2.56. The quantitative estimate of drug-likeness (QED) is 0.661. The zero-order chi connectivity index (χ0) is 20.7. The van der Waals surface area contributed by atoms with Crippen LogP contribution < -0.4 is 20.7 Å². The molecule has 4 heterocycles. The van der Waals surface area contributed by atoms with E-state index in [-0.39, 0.29) is 18.0 Å². The molecule has 0 aliphatic carbocycles. The SMILES string of the molecule is C[C@H]1CN(C(=O)NCc2ccc3c(c2)CCO3)CCN1c1nc(N)nc2scnc12. The van der Waals surface area contributed by atoms with Crippen LogP contribution in [0.1, 0.15) is 18.1 Å². The van der Waals surface area contributed by atoms with Crippen LogP contribution in [0.5, 0.6) is 5.75 Å². The molecule has 9 nitrogen and oxygen atoms in total. The number of nitrogens with zero attached hydrogens (tertiary/aromatic N) is 5. The number of hydrogen-bond donors (Lipinski definition) is 2. The standard InChI is InChI=1S/C20H23N7O2S/c1-12-10-26(20(28)22-9-13-2-3-15-14(8-13)4-7-29-15)5-6-27(12)17-16-18(30-11-23-16)25-19(21)24-17/h2-3,8,11-12H,4-7,9-10H2,1H3,(H,22,28)(H2,21,24,25)/t12-/m0/s1. The van der Waals surface area contributed by atoms with Crippen molar-refractivity contribution in [3.8, 4) is 5.75 Å². The van der Waals surface area contributed by atoms with Crippen LogP contribution in [0, 0.1) is 0 Å². The van der Waals surface area contributed by atoms with Gasteiger partial charge in [-0.15, -0.1) is 11.3 Å². The second-order valence-corrected chi connectivity index (χ2v) is 8.43. The van der Waals surface area contributed by atoms with Crippen LogP contribution in [-0.2, 0) is 13.0 Å². The number of ether oxygens (including phenoxy) is 1. The molecule has 0 spiro atoms. The minimum absolute atomic E-state index is 0.0562. The van der Waals surface area contributed by atoms with Gasteiger partial charge in [-0.05, 0) is 24.1 Å². The highest BCUT2D eigenvalue weighted by molar-refractivity contribution is 7.16. The molecule has 10 heteroatoms. The number of benzene rings is 1. The van der Waals surface area contributed by atoms with Crippen molar-refractivity contribution in [1.29, 1.82) is 0 Å². The average molecular weight is 426 g/mol. The van der Waals surface area contributed by atoms with Gasteiger partial charge in [0.15, 0.2) is 10.6 Å². The van der Waals surface area contributed by atoms with Gasteiger partial charge in [-0.25, -0.2) is 14.8 Å². The number of hydrogen-bond acceptors (Lipinski definition) is 8. The predicted octanol–water partition coefficient (Wildman–Crippen LogP) is 2.02. The molecule has 1 atom stereocenters. The van der Waals surface area contributed by atoms with Gasteiger partial charge in [0.1, 0.15) is 11.3 Å². The molecule has 0 saturated carbocycles. The Hall–Kier alpha value is -3.14. The van der Waals surface area contributed by atoms with Gasteiger partial charge < -0.3 is 25.6 Å². The second kappa shape index (κ2) is 7.60. The molecular weight excluding hydrogens is 402 g/mol. The highest BCUT2D eigenvalue weighted by atomic mass is 32.1. The van der Waals surface area contributed by atoms with E-state index in [1.54, 1.807) is 5.51 Å². The molecule has 2 aliphatic rings. The van der Waals surface area contributed by atoms with E-state index in [1.165, 1.54) is 16.9 Å². The minimum Gasteiger partial charge on any atom is -0.493 e. The fraction of sp³-hybridized carbons (Fsp3) is 0.400. The Morgan fingerprint density at radius 2 is 2.27 bits per heavy atom. The lowest BCUT2D eigenvalue weighted by Gasteiger charge is -2.40. The zero-order valence-corrected chi connectivity index (χ0v) is 17.5. The highest BCUT2D eigenvalue weighted by Gasteiger charge is 2.29. The molecule has 2 amide bonds. The first-order valence-corrected chi connectivity index (χ1v) is 10.9. The van der Waals surface area contributed by atoms with E-state index >= 15 is 0 Å². The summed E-state index contributed by atoms with van der Waals surface area (Å²) < 4.78 is 5.54. The van der Waals surface area contributed by atoms with Crippen LogP contribution in [-0.4, -0.2) is 58.2 Å². The number of nitrogens with two attached hydrogens (primary N) is 1. The van der Waals surface area contributed by atoms with Crippen LogP contribution >= 0.6 is 11.3 Å². The van der Waals surface area contributed by atoms with E-state index in [9.17, 15) is 4.79 Å². The maximum atomic E-state index is 12.7. The Bertz CT molecular complexity index is 1100. The number of rotatable bonds is 3. The maximum absolute atomic E-state index is 12.7. The van der Waals surface area contributed by atoms with Crippen LogP contribution in [0.15, 0.2) is 23.7 Å². The van der Waals surface area contributed by atoms with Gasteiger partial charge in [0.25, 0.3) is 0 Å². The van der Waals surface area contributed by atoms with Crippen LogP contribution in [0.4, 0.5) is 16.6 Å². The molecule has 0 radical (unpaired) electrons. The van der Waals surface area contributed by atoms with Crippen LogP contribution in [0.25, 0.3) is 10.3 Å². The first kappa shape index (κ1) is 18.9. The summed E-state index contributed by atoms with van der Waals surface area (Å²) in [5.41, 5.74) is 10.7. The van der Waals surface area contributed by atoms with Gasteiger partial charge in [0.2, 0.25) is 5.95 Å². The van der Waals surface area contributed by atoms with Gasteiger partial charge in [-0.3, -0.25) is 0 Å². The van der Waals surface area contributed by atoms with Gasteiger partial charge >= 0.3 is 6.03 Å². The molecule has 3 aromatic rings. The molecule has 2 aromatic heterocycles. The van der Waals surface area contributed by atoms with Crippen LogP contribution in [0.3, 0.4) is 0 Å². The Labute approximate surface area is 177 Å². The molecule has 2 aliphatic heterocycles. The summed E-state index contributed by atoms with van der Waals surface area (Å²) in [5, 5.41) is 3.04. The lowest BCUT2D eigenvalue weighted by molar-refractivity contribution is 0.186. The third-order valence-corrected chi connectivity index (χ3v) is 6.30. The number of thiazole rings is 1. The highest BCUT2D eigenvalue weighted by Crippen LogP contribution is 2.29. The Morgan fingerprint density at radius 1 is 1.37 bits per heavy atom. The Balaban J connectivity index is 1.23. The molecular formula is C20H23N7O2S. The number of urea groups is 1. The molecule has 1 fully saturated rings. The van der Waals surface area contributed by atoms with Crippen molar-refractivity contribution in [3.05, 3.63) is 34.8 Å². The summed E-state index contributed by atoms with van der Waals surface area (Å²) in [6.07, 6.45) is 0.927. The first-order valence-electron chi connectivity index (χ1n) is 9.99. The van der Waals surface area contributed by atoms with Gasteiger partial charge in [0.05, 0.1) is 12.1 Å². The van der Waals surface area contributed by atoms with E-state index in [0.29, 0.717) is 26.2 Å². The third-order valence-electron chi connectivity index (χ3n) is 5.58. The average Bonchev–Trinajstić information content (AvgIpc) is 3.40. The van der Waals surface area contributed by atoms with Crippen molar-refractivity contribution in [2.24, 2.45) is 0 Å². The molecule has 1 saturated heterocycles. The Kier molecular flexibility index (Phi) is 4.78. The van der Waals surface area contributed by atoms with E-state index in [0.717, 1.165) is 40.5 Å². The zero-order valence-electron chi connectivity index (χ0n) is 16.7. The summed E-state index contributed by atoms with van der Waals surface area (Å²) in [5.74, 6) is 1.94. The monoisotopic (exact) mass is 425 g/mol. The molecule has 0 unspecified atom stereocenters. The molecule has 156 valence electrons. The van der Waals surface area contributed by atoms with Crippen LogP contribution in [0.2, 0.25) is 0 Å². The Morgan fingerprint density at radius 3 is 3.13 bits per heavy atom. The largest absolute Gasteiger partial charge is 0.493 e. The van der Waals surface area contributed by atoms with Gasteiger partial charge in [-0.1, -0.05) is 12.1 Å². The van der Waals surface area contributed by atoms with Crippen molar-refractivity contribution in [3.63, 3.8) is 0 Å². The van der Waals surface area contributed by atoms with Crippen molar-refractivity contribution in [1.82, 2.24) is 25.2 Å². The van der Waals surface area contributed by atoms with Gasteiger partial charge in [0, 0.05) is 38.6 Å². The number of fused-ring (bicyclic) bond motifs is 2. The van der Waals surface area contributed by atoms with Gasteiger partial charge in [-0.2, -0.15) is 4.98 Å². The number of amides is 2. The van der Waals surface area contributed by atoms with E-state index in [1.807, 2.05) is 17.0 Å². The van der Waals surface area contributed by atoms with Crippen molar-refractivity contribution in [2.45, 2.75) is 25.9 Å². The number of aromatic nitrogens is 3. The number of anilines is 2. The normalized spacial score (nSPS) is 18.4. The summed E-state index contributed by atoms with van der Waals surface area (Å²) >= 11 is 1.45. The fourth-order valence-electron chi connectivity index (χ4n) is 4.06. The number of carbonyl (C=O) groups excluding carboxylic acids is 1. The fourth-order valence-corrected chi connectivity index (χ4v) is 4.72.